The lowest BCUT2D eigenvalue weighted by Crippen LogP contribution is -2.37. The molecule has 0 aliphatic rings. The highest BCUT2D eigenvalue weighted by Crippen LogP contribution is 2.29. The fraction of sp³-hybridized carbons (Fsp3) is 0.227. The highest BCUT2D eigenvalue weighted by atomic mass is 32.1. The maximum atomic E-state index is 13.3. The largest absolute Gasteiger partial charge is 0.465 e. The summed E-state index contributed by atoms with van der Waals surface area (Å²) in [4.78, 5) is 39.3. The molecule has 0 radical (unpaired) electrons. The van der Waals surface area contributed by atoms with E-state index < -0.39 is 5.97 Å². The van der Waals surface area contributed by atoms with Gasteiger partial charge in [0.05, 0.1) is 28.8 Å². The molecule has 3 rings (SSSR count). The van der Waals surface area contributed by atoms with Crippen LogP contribution in [0.2, 0.25) is 0 Å². The molecule has 0 saturated heterocycles. The van der Waals surface area contributed by atoms with Gasteiger partial charge in [0.2, 0.25) is 0 Å². The lowest BCUT2D eigenvalue weighted by molar-refractivity contribution is 0.0600. The van der Waals surface area contributed by atoms with Gasteiger partial charge >= 0.3 is 5.97 Å². The van der Waals surface area contributed by atoms with E-state index in [1.165, 1.54) is 24.7 Å². The molecule has 30 heavy (non-hydrogen) atoms. The zero-order chi connectivity index (χ0) is 21.8. The molecule has 0 spiro atoms. The molecule has 1 N–H and O–H groups in total. The van der Waals surface area contributed by atoms with Crippen LogP contribution in [0.1, 0.15) is 50.0 Å². The number of hydrogen-bond donors (Lipinski definition) is 1. The van der Waals surface area contributed by atoms with Crippen LogP contribution in [0.5, 0.6) is 0 Å². The van der Waals surface area contributed by atoms with Crippen LogP contribution in [-0.4, -0.2) is 30.9 Å². The van der Waals surface area contributed by atoms with Crippen molar-refractivity contribution in [2.45, 2.75) is 26.8 Å². The number of nitrogens with zero attached hydrogens (tertiary/aromatic N) is 1. The number of rotatable bonds is 6. The normalized spacial score (nSPS) is 10.7. The number of hydrogen-bond acceptors (Lipinski definition) is 6. The number of nitrogens with one attached hydrogen (secondary N) is 1. The predicted molar refractivity (Wildman–Crippen MR) is 115 cm³/mol. The van der Waals surface area contributed by atoms with E-state index >= 15 is 0 Å². The second kappa shape index (κ2) is 8.96. The molecule has 0 unspecified atom stereocenters. The predicted octanol–water partition coefficient (Wildman–Crippen LogP) is 4.74. The van der Waals surface area contributed by atoms with E-state index in [1.54, 1.807) is 47.4 Å². The maximum absolute atomic E-state index is 13.3. The van der Waals surface area contributed by atoms with Crippen LogP contribution in [0.15, 0.2) is 53.1 Å². The fourth-order valence-corrected chi connectivity index (χ4v) is 3.85. The van der Waals surface area contributed by atoms with Crippen LogP contribution >= 0.6 is 11.3 Å². The van der Waals surface area contributed by atoms with Gasteiger partial charge in [0, 0.05) is 11.7 Å². The summed E-state index contributed by atoms with van der Waals surface area (Å²) in [6.07, 6.45) is 1.42. The minimum absolute atomic E-state index is 0.122. The molecule has 0 aliphatic carbocycles. The highest BCUT2D eigenvalue weighted by Gasteiger charge is 2.24. The van der Waals surface area contributed by atoms with Gasteiger partial charge in [-0.15, -0.1) is 11.3 Å². The molecule has 1 aromatic carbocycles. The van der Waals surface area contributed by atoms with Gasteiger partial charge in [-0.2, -0.15) is 0 Å². The number of methoxy groups -OCH3 is 1. The number of esters is 1. The van der Waals surface area contributed by atoms with Crippen molar-refractivity contribution in [2.75, 3.05) is 17.3 Å². The van der Waals surface area contributed by atoms with E-state index in [0.717, 1.165) is 5.56 Å². The molecule has 156 valence electrons. The van der Waals surface area contributed by atoms with Crippen molar-refractivity contribution in [3.63, 3.8) is 0 Å². The van der Waals surface area contributed by atoms with Gasteiger partial charge in [-0.3, -0.25) is 9.59 Å². The molecule has 2 amide bonds. The topological polar surface area (TPSA) is 88.9 Å². The first-order valence-corrected chi connectivity index (χ1v) is 10.1. The minimum Gasteiger partial charge on any atom is -0.465 e. The summed E-state index contributed by atoms with van der Waals surface area (Å²) in [5.41, 5.74) is 1.91. The van der Waals surface area contributed by atoms with Crippen LogP contribution in [0.3, 0.4) is 0 Å². The summed E-state index contributed by atoms with van der Waals surface area (Å²) in [5, 5.41) is 3.27. The number of carbonyl (C=O) groups excluding carboxylic acids is 3. The van der Waals surface area contributed by atoms with E-state index in [0.29, 0.717) is 21.1 Å². The molecule has 0 saturated carbocycles. The van der Waals surface area contributed by atoms with Crippen LogP contribution < -0.4 is 10.2 Å². The van der Waals surface area contributed by atoms with Crippen LogP contribution in [0, 0.1) is 6.92 Å². The Hall–Kier alpha value is -3.39. The number of carbonyl (C=O) groups is 3. The van der Waals surface area contributed by atoms with Crippen LogP contribution in [0.4, 0.5) is 10.7 Å². The Morgan fingerprint density at radius 2 is 1.90 bits per heavy atom. The van der Waals surface area contributed by atoms with Gasteiger partial charge in [-0.25, -0.2) is 4.79 Å². The standard InChI is InChI=1S/C22H22N2O5S/c1-13(2)24(16-8-7-15(12-14(16)3)22(27)28-4)21(26)18-9-10-19(30-18)23-20(25)17-6-5-11-29-17/h5-13H,1-4H3,(H,23,25). The van der Waals surface area contributed by atoms with E-state index in [2.05, 4.69) is 5.32 Å². The molecule has 7 nitrogen and oxygen atoms in total. The third kappa shape index (κ3) is 4.44. The SMILES string of the molecule is COC(=O)c1ccc(N(C(=O)c2ccc(NC(=O)c3ccco3)s2)C(C)C)c(C)c1. The quantitative estimate of drug-likeness (QED) is 0.575. The smallest absolute Gasteiger partial charge is 0.337 e. The Morgan fingerprint density at radius 3 is 2.50 bits per heavy atom. The Morgan fingerprint density at radius 1 is 1.13 bits per heavy atom. The number of amides is 2. The van der Waals surface area contributed by atoms with Crippen molar-refractivity contribution in [3.05, 3.63) is 70.5 Å². The molecule has 0 bridgehead atoms. The number of furan rings is 1. The van der Waals surface area contributed by atoms with Crippen molar-refractivity contribution in [1.29, 1.82) is 0 Å². The van der Waals surface area contributed by atoms with Gasteiger partial charge in [-0.1, -0.05) is 0 Å². The molecule has 3 aromatic rings. The van der Waals surface area contributed by atoms with Crippen LogP contribution in [0.25, 0.3) is 0 Å². The Bertz CT molecular complexity index is 1070. The number of aryl methyl sites for hydroxylation is 1. The number of ether oxygens (including phenoxy) is 1. The van der Waals surface area contributed by atoms with Gasteiger partial charge in [0.25, 0.3) is 11.8 Å². The highest BCUT2D eigenvalue weighted by molar-refractivity contribution is 7.18. The summed E-state index contributed by atoms with van der Waals surface area (Å²) >= 11 is 1.19. The van der Waals surface area contributed by atoms with E-state index in [-0.39, 0.29) is 23.6 Å². The molecular formula is C22H22N2O5S. The monoisotopic (exact) mass is 426 g/mol. The van der Waals surface area contributed by atoms with Crippen molar-refractivity contribution in [2.24, 2.45) is 0 Å². The van der Waals surface area contributed by atoms with E-state index in [1.807, 2.05) is 20.8 Å². The van der Waals surface area contributed by atoms with Gasteiger partial charge in [0.15, 0.2) is 5.76 Å². The molecule has 0 aliphatic heterocycles. The first-order valence-electron chi connectivity index (χ1n) is 9.29. The second-order valence-corrected chi connectivity index (χ2v) is 7.94. The average Bonchev–Trinajstić information content (AvgIpc) is 3.40. The Balaban J connectivity index is 1.84. The average molecular weight is 426 g/mol. The third-order valence-electron chi connectivity index (χ3n) is 4.41. The molecular weight excluding hydrogens is 404 g/mol. The zero-order valence-corrected chi connectivity index (χ0v) is 17.9. The number of thiophene rings is 1. The van der Waals surface area contributed by atoms with Crippen molar-refractivity contribution < 1.29 is 23.5 Å². The maximum Gasteiger partial charge on any atom is 0.337 e. The van der Waals surface area contributed by atoms with Gasteiger partial charge in [0.1, 0.15) is 0 Å². The van der Waals surface area contributed by atoms with Crippen LogP contribution in [-0.2, 0) is 4.74 Å². The summed E-state index contributed by atoms with van der Waals surface area (Å²) in [6.45, 7) is 5.67. The minimum atomic E-state index is -0.428. The summed E-state index contributed by atoms with van der Waals surface area (Å²) < 4.78 is 9.84. The second-order valence-electron chi connectivity index (χ2n) is 6.86. The molecule has 2 aromatic heterocycles. The summed E-state index contributed by atoms with van der Waals surface area (Å²) in [5.74, 6) is -0.804. The zero-order valence-electron chi connectivity index (χ0n) is 17.1. The van der Waals surface area contributed by atoms with E-state index in [4.69, 9.17) is 9.15 Å². The molecule has 2 heterocycles. The molecule has 8 heteroatoms. The third-order valence-corrected chi connectivity index (χ3v) is 5.40. The van der Waals surface area contributed by atoms with Crippen molar-refractivity contribution >= 4 is 39.8 Å². The van der Waals surface area contributed by atoms with Gasteiger partial charge < -0.3 is 19.4 Å². The Labute approximate surface area is 178 Å². The summed E-state index contributed by atoms with van der Waals surface area (Å²) in [7, 11) is 1.33. The van der Waals surface area contributed by atoms with E-state index in [9.17, 15) is 14.4 Å². The molecule has 0 fully saturated rings. The lowest BCUT2D eigenvalue weighted by atomic mass is 10.1. The van der Waals surface area contributed by atoms with Crippen molar-refractivity contribution in [3.8, 4) is 0 Å². The van der Waals surface area contributed by atoms with Gasteiger partial charge in [-0.05, 0) is 68.8 Å². The first kappa shape index (κ1) is 21.3. The first-order chi connectivity index (χ1) is 14.3. The summed E-state index contributed by atoms with van der Waals surface area (Å²) in [6, 6.07) is 11.5. The lowest BCUT2D eigenvalue weighted by Gasteiger charge is -2.28. The number of benzene rings is 1. The molecule has 0 atom stereocenters. The Kier molecular flexibility index (Phi) is 6.37. The van der Waals surface area contributed by atoms with Crippen molar-refractivity contribution in [1.82, 2.24) is 0 Å². The number of anilines is 2. The fourth-order valence-electron chi connectivity index (χ4n) is 3.01.